The number of hydrogen-bond acceptors (Lipinski definition) is 2. The van der Waals surface area contributed by atoms with Crippen LogP contribution in [0, 0.1) is 6.92 Å². The number of aryl methyl sites for hydroxylation is 1. The van der Waals surface area contributed by atoms with E-state index in [1.807, 2.05) is 0 Å². The average Bonchev–Trinajstić information content (AvgIpc) is 2.42. The minimum Gasteiger partial charge on any atom is -0.464 e. The van der Waals surface area contributed by atoms with E-state index in [1.165, 1.54) is 10.8 Å². The lowest BCUT2D eigenvalue weighted by atomic mass is 10.3. The number of hydrogen-bond donors (Lipinski definition) is 1. The van der Waals surface area contributed by atoms with E-state index >= 15 is 0 Å². The lowest BCUT2D eigenvalue weighted by Gasteiger charge is -1.99. The molecule has 0 fully saturated rings. The van der Waals surface area contributed by atoms with Gasteiger partial charge in [-0.2, -0.15) is 0 Å². The Morgan fingerprint density at radius 2 is 2.36 bits per heavy atom. The first-order valence-corrected chi connectivity index (χ1v) is 4.35. The summed E-state index contributed by atoms with van der Waals surface area (Å²) in [6, 6.07) is 3.33. The molecule has 0 amide bonds. The summed E-state index contributed by atoms with van der Waals surface area (Å²) in [6.07, 6.45) is 0.476. The first kappa shape index (κ1) is 9.02. The summed E-state index contributed by atoms with van der Waals surface area (Å²) in [7, 11) is 0. The second-order valence-electron chi connectivity index (χ2n) is 2.94. The maximum absolute atomic E-state index is 10.9. The standard InChI is InChI=1S/C9H7ClN2O2/c1-5-4-6-7(12(5)9(13)14)2-3-11-8(6)10/h2-4H,1H3,(H,13,14). The highest BCUT2D eigenvalue weighted by Crippen LogP contribution is 2.24. The monoisotopic (exact) mass is 210 g/mol. The van der Waals surface area contributed by atoms with Gasteiger partial charge in [0.05, 0.1) is 5.52 Å². The molecule has 0 aliphatic carbocycles. The zero-order valence-corrected chi connectivity index (χ0v) is 8.12. The summed E-state index contributed by atoms with van der Waals surface area (Å²) < 4.78 is 1.18. The van der Waals surface area contributed by atoms with Gasteiger partial charge in [0.25, 0.3) is 0 Å². The van der Waals surface area contributed by atoms with Crippen LogP contribution in [-0.4, -0.2) is 20.8 Å². The van der Waals surface area contributed by atoms with Crippen molar-refractivity contribution in [3.8, 4) is 0 Å². The van der Waals surface area contributed by atoms with Crippen LogP contribution in [0.25, 0.3) is 10.9 Å². The molecule has 0 saturated carbocycles. The van der Waals surface area contributed by atoms with Crippen molar-refractivity contribution in [3.63, 3.8) is 0 Å². The molecule has 0 aliphatic rings. The van der Waals surface area contributed by atoms with E-state index in [2.05, 4.69) is 4.98 Å². The lowest BCUT2D eigenvalue weighted by Crippen LogP contribution is -2.08. The molecule has 0 saturated heterocycles. The lowest BCUT2D eigenvalue weighted by molar-refractivity contribution is 0.197. The predicted molar refractivity (Wildman–Crippen MR) is 52.9 cm³/mol. The summed E-state index contributed by atoms with van der Waals surface area (Å²) in [5.41, 5.74) is 1.19. The van der Waals surface area contributed by atoms with Gasteiger partial charge >= 0.3 is 6.09 Å². The van der Waals surface area contributed by atoms with Crippen molar-refractivity contribution in [2.45, 2.75) is 6.92 Å². The van der Waals surface area contributed by atoms with Gasteiger partial charge in [-0.25, -0.2) is 14.3 Å². The Morgan fingerprint density at radius 3 is 3.00 bits per heavy atom. The minimum atomic E-state index is -1.01. The van der Waals surface area contributed by atoms with Crippen LogP contribution in [0.1, 0.15) is 5.69 Å². The average molecular weight is 211 g/mol. The van der Waals surface area contributed by atoms with Crippen molar-refractivity contribution in [2.75, 3.05) is 0 Å². The number of aromatic nitrogens is 2. The molecule has 2 rings (SSSR count). The molecule has 2 aromatic rings. The van der Waals surface area contributed by atoms with Crippen LogP contribution in [0.5, 0.6) is 0 Å². The summed E-state index contributed by atoms with van der Waals surface area (Å²) in [4.78, 5) is 14.8. The fourth-order valence-electron chi connectivity index (χ4n) is 1.48. The molecule has 0 aliphatic heterocycles. The van der Waals surface area contributed by atoms with E-state index in [-0.39, 0.29) is 0 Å². The highest BCUT2D eigenvalue weighted by atomic mass is 35.5. The molecule has 72 valence electrons. The van der Waals surface area contributed by atoms with E-state index in [0.29, 0.717) is 21.7 Å². The van der Waals surface area contributed by atoms with Gasteiger partial charge in [-0.1, -0.05) is 11.6 Å². The largest absolute Gasteiger partial charge is 0.464 e. The molecular weight excluding hydrogens is 204 g/mol. The van der Waals surface area contributed by atoms with Crippen molar-refractivity contribution in [3.05, 3.63) is 29.2 Å². The van der Waals surface area contributed by atoms with E-state index in [1.54, 1.807) is 19.1 Å². The van der Waals surface area contributed by atoms with Crippen LogP contribution in [0.3, 0.4) is 0 Å². The van der Waals surface area contributed by atoms with Crippen molar-refractivity contribution in [1.82, 2.24) is 9.55 Å². The number of carboxylic acid groups (broad SMARTS) is 1. The molecular formula is C9H7ClN2O2. The van der Waals surface area contributed by atoms with E-state index in [4.69, 9.17) is 16.7 Å². The number of fused-ring (bicyclic) bond motifs is 1. The Kier molecular flexibility index (Phi) is 1.93. The van der Waals surface area contributed by atoms with Crippen molar-refractivity contribution in [1.29, 1.82) is 0 Å². The third-order valence-corrected chi connectivity index (χ3v) is 2.36. The number of halogens is 1. The molecule has 0 atom stereocenters. The molecule has 4 nitrogen and oxygen atoms in total. The molecule has 0 bridgehead atoms. The Bertz CT molecular complexity index is 519. The van der Waals surface area contributed by atoms with Gasteiger partial charge in [0, 0.05) is 17.3 Å². The summed E-state index contributed by atoms with van der Waals surface area (Å²) in [5.74, 6) is 0. The number of nitrogens with zero attached hydrogens (tertiary/aromatic N) is 2. The van der Waals surface area contributed by atoms with Gasteiger partial charge in [-0.15, -0.1) is 0 Å². The molecule has 14 heavy (non-hydrogen) atoms. The minimum absolute atomic E-state index is 0.325. The SMILES string of the molecule is Cc1cc2c(Cl)nccc2n1C(=O)O. The number of rotatable bonds is 0. The van der Waals surface area contributed by atoms with Gasteiger partial charge in [0.2, 0.25) is 0 Å². The number of carbonyl (C=O) groups is 1. The zero-order valence-electron chi connectivity index (χ0n) is 7.36. The van der Waals surface area contributed by atoms with E-state index < -0.39 is 6.09 Å². The quantitative estimate of drug-likeness (QED) is 0.680. The number of pyridine rings is 1. The van der Waals surface area contributed by atoms with Crippen LogP contribution in [-0.2, 0) is 0 Å². The fraction of sp³-hybridized carbons (Fsp3) is 0.111. The Morgan fingerprint density at radius 1 is 1.64 bits per heavy atom. The van der Waals surface area contributed by atoms with Crippen molar-refractivity contribution < 1.29 is 9.90 Å². The molecule has 5 heteroatoms. The van der Waals surface area contributed by atoms with Gasteiger partial charge in [-0.3, -0.25) is 0 Å². The first-order chi connectivity index (χ1) is 6.61. The molecule has 0 spiro atoms. The van der Waals surface area contributed by atoms with Crippen LogP contribution >= 0.6 is 11.6 Å². The van der Waals surface area contributed by atoms with Gasteiger partial charge in [-0.05, 0) is 19.1 Å². The predicted octanol–water partition coefficient (Wildman–Crippen LogP) is 2.52. The topological polar surface area (TPSA) is 55.1 Å². The molecule has 2 aromatic heterocycles. The van der Waals surface area contributed by atoms with E-state index in [0.717, 1.165) is 0 Å². The molecule has 0 aromatic carbocycles. The van der Waals surface area contributed by atoms with Crippen LogP contribution in [0.4, 0.5) is 4.79 Å². The summed E-state index contributed by atoms with van der Waals surface area (Å²) in [6.45, 7) is 1.71. The van der Waals surface area contributed by atoms with Crippen LogP contribution in [0.2, 0.25) is 5.15 Å². The molecule has 0 unspecified atom stereocenters. The zero-order chi connectivity index (χ0) is 10.3. The second kappa shape index (κ2) is 2.99. The van der Waals surface area contributed by atoms with Crippen molar-refractivity contribution in [2.24, 2.45) is 0 Å². The van der Waals surface area contributed by atoms with Crippen LogP contribution < -0.4 is 0 Å². The highest BCUT2D eigenvalue weighted by Gasteiger charge is 2.12. The second-order valence-corrected chi connectivity index (χ2v) is 3.30. The molecule has 1 N–H and O–H groups in total. The highest BCUT2D eigenvalue weighted by molar-refractivity contribution is 6.34. The molecule has 2 heterocycles. The van der Waals surface area contributed by atoms with E-state index in [9.17, 15) is 4.79 Å². The summed E-state index contributed by atoms with van der Waals surface area (Å²) in [5, 5.41) is 9.93. The van der Waals surface area contributed by atoms with Crippen molar-refractivity contribution >= 4 is 28.6 Å². The third kappa shape index (κ3) is 1.15. The van der Waals surface area contributed by atoms with Crippen LogP contribution in [0.15, 0.2) is 18.3 Å². The first-order valence-electron chi connectivity index (χ1n) is 3.97. The fourth-order valence-corrected chi connectivity index (χ4v) is 1.69. The third-order valence-electron chi connectivity index (χ3n) is 2.06. The smallest absolute Gasteiger partial charge is 0.416 e. The maximum Gasteiger partial charge on any atom is 0.416 e. The Balaban J connectivity index is 2.90. The maximum atomic E-state index is 10.9. The summed E-state index contributed by atoms with van der Waals surface area (Å²) >= 11 is 5.83. The molecule has 0 radical (unpaired) electrons. The van der Waals surface area contributed by atoms with Gasteiger partial charge < -0.3 is 5.11 Å². The Labute approximate surface area is 84.7 Å². The van der Waals surface area contributed by atoms with Gasteiger partial charge in [0.15, 0.2) is 0 Å². The normalized spacial score (nSPS) is 10.7. The Hall–Kier alpha value is -1.55. The van der Waals surface area contributed by atoms with Gasteiger partial charge in [0.1, 0.15) is 5.15 Å².